The normalized spacial score (nSPS) is 19.0. The van der Waals surface area contributed by atoms with E-state index in [1.807, 2.05) is 6.20 Å². The van der Waals surface area contributed by atoms with Gasteiger partial charge in [-0.1, -0.05) is 30.3 Å². The molecule has 7 nitrogen and oxygen atoms in total. The Bertz CT molecular complexity index is 773. The fourth-order valence-electron chi connectivity index (χ4n) is 4.09. The number of aromatic nitrogens is 2. The minimum atomic E-state index is 0.465. The summed E-state index contributed by atoms with van der Waals surface area (Å²) in [5.41, 5.74) is 2.49. The zero-order chi connectivity index (χ0) is 20.6. The fourth-order valence-corrected chi connectivity index (χ4v) is 4.09. The Kier molecular flexibility index (Phi) is 7.50. The van der Waals surface area contributed by atoms with Gasteiger partial charge in [-0.3, -0.25) is 9.80 Å². The van der Waals surface area contributed by atoms with E-state index in [1.54, 1.807) is 0 Å². The van der Waals surface area contributed by atoms with E-state index in [0.29, 0.717) is 12.0 Å². The monoisotopic (exact) mass is 410 g/mol. The van der Waals surface area contributed by atoms with E-state index in [9.17, 15) is 0 Å². The van der Waals surface area contributed by atoms with Gasteiger partial charge in [0.15, 0.2) is 0 Å². The van der Waals surface area contributed by atoms with Crippen molar-refractivity contribution in [1.29, 1.82) is 0 Å². The Morgan fingerprint density at radius 1 is 1.03 bits per heavy atom. The van der Waals surface area contributed by atoms with Crippen molar-refractivity contribution >= 4 is 11.8 Å². The number of benzene rings is 1. The van der Waals surface area contributed by atoms with Crippen LogP contribution in [0.5, 0.6) is 0 Å². The van der Waals surface area contributed by atoms with Crippen molar-refractivity contribution in [3.8, 4) is 0 Å². The van der Waals surface area contributed by atoms with E-state index < -0.39 is 0 Å². The lowest BCUT2D eigenvalue weighted by atomic mass is 10.0. The number of nitrogens with one attached hydrogen (secondary N) is 2. The first kappa shape index (κ1) is 21.0. The number of ether oxygens (including phenoxy) is 1. The molecule has 1 aromatic carbocycles. The molecule has 0 radical (unpaired) electrons. The Hall–Kier alpha value is -2.22. The third-order valence-corrected chi connectivity index (χ3v) is 5.96. The second kappa shape index (κ2) is 10.7. The first-order valence-corrected chi connectivity index (χ1v) is 11.2. The molecule has 0 aliphatic carbocycles. The van der Waals surface area contributed by atoms with Crippen molar-refractivity contribution in [3.05, 3.63) is 47.7 Å². The molecule has 0 bridgehead atoms. The van der Waals surface area contributed by atoms with Crippen LogP contribution >= 0.6 is 0 Å². The predicted molar refractivity (Wildman–Crippen MR) is 121 cm³/mol. The quantitative estimate of drug-likeness (QED) is 0.693. The zero-order valence-corrected chi connectivity index (χ0v) is 18.0. The zero-order valence-electron chi connectivity index (χ0n) is 18.0. The van der Waals surface area contributed by atoms with E-state index in [0.717, 1.165) is 83.3 Å². The summed E-state index contributed by atoms with van der Waals surface area (Å²) >= 11 is 0. The highest BCUT2D eigenvalue weighted by Gasteiger charge is 2.20. The van der Waals surface area contributed by atoms with Crippen LogP contribution in [0.15, 0.2) is 36.5 Å². The second-order valence-electron chi connectivity index (χ2n) is 8.29. The van der Waals surface area contributed by atoms with E-state index in [-0.39, 0.29) is 0 Å². The molecular weight excluding hydrogens is 376 g/mol. The molecule has 0 saturated carbocycles. The van der Waals surface area contributed by atoms with Crippen molar-refractivity contribution in [2.75, 3.05) is 63.1 Å². The SMILES string of the molecule is Cc1cnc(NCCN2CCOCC2)nc1NC1CCN(Cc2ccccc2)CC1. The van der Waals surface area contributed by atoms with Crippen LogP contribution in [-0.4, -0.2) is 78.3 Å². The van der Waals surface area contributed by atoms with Crippen LogP contribution in [0.3, 0.4) is 0 Å². The number of morpholine rings is 1. The van der Waals surface area contributed by atoms with Crippen molar-refractivity contribution in [2.45, 2.75) is 32.4 Å². The van der Waals surface area contributed by atoms with Crippen LogP contribution in [0.1, 0.15) is 24.0 Å². The molecule has 0 spiro atoms. The molecule has 2 N–H and O–H groups in total. The van der Waals surface area contributed by atoms with Gasteiger partial charge in [0.05, 0.1) is 13.2 Å². The molecule has 0 amide bonds. The maximum absolute atomic E-state index is 5.40. The Morgan fingerprint density at radius 2 is 1.80 bits per heavy atom. The topological polar surface area (TPSA) is 65.5 Å². The molecule has 0 atom stereocenters. The van der Waals surface area contributed by atoms with Crippen LogP contribution in [-0.2, 0) is 11.3 Å². The molecule has 2 aromatic rings. The second-order valence-corrected chi connectivity index (χ2v) is 8.29. The summed E-state index contributed by atoms with van der Waals surface area (Å²) in [7, 11) is 0. The van der Waals surface area contributed by atoms with Gasteiger partial charge in [0.25, 0.3) is 0 Å². The highest BCUT2D eigenvalue weighted by Crippen LogP contribution is 2.20. The average molecular weight is 411 g/mol. The van der Waals surface area contributed by atoms with Gasteiger partial charge >= 0.3 is 0 Å². The van der Waals surface area contributed by atoms with Crippen molar-refractivity contribution in [3.63, 3.8) is 0 Å². The largest absolute Gasteiger partial charge is 0.379 e. The van der Waals surface area contributed by atoms with Crippen LogP contribution in [0.25, 0.3) is 0 Å². The molecule has 2 fully saturated rings. The van der Waals surface area contributed by atoms with Crippen molar-refractivity contribution in [2.24, 2.45) is 0 Å². The standard InChI is InChI=1S/C23H34N6O/c1-19-17-25-23(24-9-12-28-13-15-30-16-14-28)27-22(19)26-21-7-10-29(11-8-21)18-20-5-3-2-4-6-20/h2-6,17,21H,7-16,18H2,1H3,(H2,24,25,26,27). The van der Waals surface area contributed by atoms with Gasteiger partial charge in [0.2, 0.25) is 5.95 Å². The van der Waals surface area contributed by atoms with Gasteiger partial charge in [-0.05, 0) is 25.3 Å². The minimum Gasteiger partial charge on any atom is -0.379 e. The summed E-state index contributed by atoms with van der Waals surface area (Å²) in [6, 6.07) is 11.2. The maximum Gasteiger partial charge on any atom is 0.224 e. The Labute approximate surface area is 179 Å². The first-order valence-electron chi connectivity index (χ1n) is 11.2. The molecule has 2 saturated heterocycles. The predicted octanol–water partition coefficient (Wildman–Crippen LogP) is 2.61. The van der Waals surface area contributed by atoms with Gasteiger partial charge in [0.1, 0.15) is 5.82 Å². The summed E-state index contributed by atoms with van der Waals surface area (Å²) < 4.78 is 5.40. The molecule has 30 heavy (non-hydrogen) atoms. The Morgan fingerprint density at radius 3 is 2.57 bits per heavy atom. The van der Waals surface area contributed by atoms with Crippen LogP contribution < -0.4 is 10.6 Å². The summed E-state index contributed by atoms with van der Waals surface area (Å²) in [6.45, 7) is 10.9. The molecule has 3 heterocycles. The average Bonchev–Trinajstić information content (AvgIpc) is 2.79. The van der Waals surface area contributed by atoms with Gasteiger partial charge in [-0.15, -0.1) is 0 Å². The van der Waals surface area contributed by atoms with Gasteiger partial charge in [-0.2, -0.15) is 4.98 Å². The lowest BCUT2D eigenvalue weighted by molar-refractivity contribution is 0.0398. The molecule has 162 valence electrons. The molecular formula is C23H34N6O. The fraction of sp³-hybridized carbons (Fsp3) is 0.565. The van der Waals surface area contributed by atoms with Gasteiger partial charge < -0.3 is 15.4 Å². The number of aryl methyl sites for hydroxylation is 1. The Balaban J connectivity index is 1.23. The van der Waals surface area contributed by atoms with E-state index in [4.69, 9.17) is 9.72 Å². The van der Waals surface area contributed by atoms with Crippen LogP contribution in [0, 0.1) is 6.92 Å². The number of hydrogen-bond donors (Lipinski definition) is 2. The van der Waals surface area contributed by atoms with Crippen molar-refractivity contribution < 1.29 is 4.74 Å². The number of piperidine rings is 1. The van der Waals surface area contributed by atoms with E-state index in [2.05, 4.69) is 62.7 Å². The number of nitrogens with zero attached hydrogens (tertiary/aromatic N) is 4. The van der Waals surface area contributed by atoms with E-state index >= 15 is 0 Å². The molecule has 2 aliphatic heterocycles. The van der Waals surface area contributed by atoms with Gasteiger partial charge in [0, 0.05) is 63.6 Å². The smallest absolute Gasteiger partial charge is 0.224 e. The van der Waals surface area contributed by atoms with E-state index in [1.165, 1.54) is 5.56 Å². The number of rotatable bonds is 8. The molecule has 0 unspecified atom stereocenters. The third-order valence-electron chi connectivity index (χ3n) is 5.96. The lowest BCUT2D eigenvalue weighted by Gasteiger charge is -2.33. The summed E-state index contributed by atoms with van der Waals surface area (Å²) in [5.74, 6) is 1.67. The number of anilines is 2. The molecule has 7 heteroatoms. The molecule has 4 rings (SSSR count). The van der Waals surface area contributed by atoms with Crippen molar-refractivity contribution in [1.82, 2.24) is 19.8 Å². The first-order chi connectivity index (χ1) is 14.8. The number of hydrogen-bond acceptors (Lipinski definition) is 7. The highest BCUT2D eigenvalue weighted by molar-refractivity contribution is 5.47. The highest BCUT2D eigenvalue weighted by atomic mass is 16.5. The number of likely N-dealkylation sites (tertiary alicyclic amines) is 1. The van der Waals surface area contributed by atoms with Crippen LogP contribution in [0.2, 0.25) is 0 Å². The van der Waals surface area contributed by atoms with Crippen LogP contribution in [0.4, 0.5) is 11.8 Å². The molecule has 2 aliphatic rings. The minimum absolute atomic E-state index is 0.465. The van der Waals surface area contributed by atoms with Gasteiger partial charge in [-0.25, -0.2) is 4.98 Å². The lowest BCUT2D eigenvalue weighted by Crippen LogP contribution is -2.39. The molecule has 1 aromatic heterocycles. The summed E-state index contributed by atoms with van der Waals surface area (Å²) in [6.07, 6.45) is 4.18. The summed E-state index contributed by atoms with van der Waals surface area (Å²) in [5, 5.41) is 7.05. The summed E-state index contributed by atoms with van der Waals surface area (Å²) in [4.78, 5) is 14.2. The third kappa shape index (κ3) is 6.14. The maximum atomic E-state index is 5.40.